The lowest BCUT2D eigenvalue weighted by atomic mass is 10.1. The van der Waals surface area contributed by atoms with Gasteiger partial charge in [0.2, 0.25) is 0 Å². The first-order chi connectivity index (χ1) is 12.0. The van der Waals surface area contributed by atoms with E-state index in [1.54, 1.807) is 22.9 Å². The third kappa shape index (κ3) is 3.92. The molecule has 0 saturated carbocycles. The number of rotatable bonds is 5. The van der Waals surface area contributed by atoms with Crippen molar-refractivity contribution in [3.8, 4) is 0 Å². The molecule has 3 rings (SSSR count). The van der Waals surface area contributed by atoms with Crippen LogP contribution in [0, 0.1) is 0 Å². The Hall–Kier alpha value is -3.41. The number of nitrogens with zero attached hydrogens (tertiary/aromatic N) is 2. The van der Waals surface area contributed by atoms with Crippen molar-refractivity contribution < 1.29 is 9.90 Å². The summed E-state index contributed by atoms with van der Waals surface area (Å²) in [5, 5.41) is 9.02. The van der Waals surface area contributed by atoms with Gasteiger partial charge in [-0.1, -0.05) is 30.3 Å². The average molecular weight is 336 g/mol. The lowest BCUT2D eigenvalue weighted by molar-refractivity contribution is 0.0696. The van der Waals surface area contributed by atoms with E-state index in [2.05, 4.69) is 0 Å². The first-order valence-electron chi connectivity index (χ1n) is 7.70. The molecule has 6 heteroatoms. The van der Waals surface area contributed by atoms with Gasteiger partial charge in [0.15, 0.2) is 0 Å². The fourth-order valence-corrected chi connectivity index (χ4v) is 2.52. The summed E-state index contributed by atoms with van der Waals surface area (Å²) in [6, 6.07) is 15.1. The Bertz CT molecular complexity index is 1020. The average Bonchev–Trinajstić information content (AvgIpc) is 2.60. The van der Waals surface area contributed by atoms with E-state index in [1.165, 1.54) is 29.0 Å². The second kappa shape index (κ2) is 7.00. The minimum Gasteiger partial charge on any atom is -0.478 e. The van der Waals surface area contributed by atoms with Gasteiger partial charge >= 0.3 is 5.97 Å². The Morgan fingerprint density at radius 2 is 1.40 bits per heavy atom. The third-order valence-corrected chi connectivity index (χ3v) is 3.86. The number of carboxylic acids is 1. The summed E-state index contributed by atoms with van der Waals surface area (Å²) in [4.78, 5) is 34.6. The van der Waals surface area contributed by atoms with Crippen LogP contribution in [0.15, 0.2) is 76.6 Å². The van der Waals surface area contributed by atoms with E-state index in [4.69, 9.17) is 5.11 Å². The Morgan fingerprint density at radius 1 is 0.800 bits per heavy atom. The molecule has 126 valence electrons. The normalized spacial score (nSPS) is 10.6. The molecule has 0 aliphatic heterocycles. The highest BCUT2D eigenvalue weighted by Crippen LogP contribution is 2.07. The first kappa shape index (κ1) is 16.4. The van der Waals surface area contributed by atoms with Crippen LogP contribution >= 0.6 is 0 Å². The van der Waals surface area contributed by atoms with Crippen molar-refractivity contribution in [2.24, 2.45) is 0 Å². The number of carbonyl (C=O) groups is 1. The molecule has 0 atom stereocenters. The summed E-state index contributed by atoms with van der Waals surface area (Å²) in [5.41, 5.74) is 1.57. The highest BCUT2D eigenvalue weighted by Gasteiger charge is 2.06. The van der Waals surface area contributed by atoms with E-state index >= 15 is 0 Å². The molecular formula is C19H16N2O4. The van der Waals surface area contributed by atoms with E-state index in [0.717, 1.165) is 11.1 Å². The van der Waals surface area contributed by atoms with Crippen LogP contribution in [-0.4, -0.2) is 20.2 Å². The maximum Gasteiger partial charge on any atom is 0.337 e. The lowest BCUT2D eigenvalue weighted by Crippen LogP contribution is -2.21. The largest absolute Gasteiger partial charge is 0.478 e. The van der Waals surface area contributed by atoms with Crippen LogP contribution in [0.5, 0.6) is 0 Å². The molecule has 25 heavy (non-hydrogen) atoms. The van der Waals surface area contributed by atoms with Crippen molar-refractivity contribution in [1.29, 1.82) is 0 Å². The molecule has 2 aromatic heterocycles. The minimum absolute atomic E-state index is 0.0661. The van der Waals surface area contributed by atoms with Crippen molar-refractivity contribution in [3.05, 3.63) is 104 Å². The van der Waals surface area contributed by atoms with E-state index < -0.39 is 5.97 Å². The summed E-state index contributed by atoms with van der Waals surface area (Å²) < 4.78 is 2.97. The second-order valence-electron chi connectivity index (χ2n) is 5.67. The summed E-state index contributed by atoms with van der Waals surface area (Å²) >= 11 is 0. The summed E-state index contributed by atoms with van der Waals surface area (Å²) in [5.74, 6) is -1.07. The number of benzene rings is 1. The van der Waals surface area contributed by atoms with Crippen LogP contribution < -0.4 is 11.1 Å². The van der Waals surface area contributed by atoms with Crippen molar-refractivity contribution >= 4 is 5.97 Å². The molecule has 0 amide bonds. The lowest BCUT2D eigenvalue weighted by Gasteiger charge is -2.09. The molecule has 0 saturated heterocycles. The zero-order chi connectivity index (χ0) is 17.8. The summed E-state index contributed by atoms with van der Waals surface area (Å²) in [7, 11) is 0. The van der Waals surface area contributed by atoms with Crippen molar-refractivity contribution in [2.45, 2.75) is 13.1 Å². The van der Waals surface area contributed by atoms with E-state index in [0.29, 0.717) is 6.54 Å². The SMILES string of the molecule is O=C(O)c1ccc(=O)n(Cc2ccc(Cn3ccccc3=O)cc2)c1. The quantitative estimate of drug-likeness (QED) is 0.770. The topological polar surface area (TPSA) is 81.3 Å². The van der Waals surface area contributed by atoms with Crippen molar-refractivity contribution in [1.82, 2.24) is 9.13 Å². The van der Waals surface area contributed by atoms with Gasteiger partial charge in [0.25, 0.3) is 11.1 Å². The Labute approximate surface area is 143 Å². The maximum atomic E-state index is 11.9. The molecule has 1 aromatic carbocycles. The summed E-state index contributed by atoms with van der Waals surface area (Å²) in [6.07, 6.45) is 3.06. The predicted molar refractivity (Wildman–Crippen MR) is 93.0 cm³/mol. The molecule has 0 radical (unpaired) electrons. The van der Waals surface area contributed by atoms with Crippen LogP contribution in [-0.2, 0) is 13.1 Å². The number of hydrogen-bond donors (Lipinski definition) is 1. The molecule has 0 unspecified atom stereocenters. The minimum atomic E-state index is -1.07. The number of aromatic carboxylic acids is 1. The molecule has 0 fully saturated rings. The highest BCUT2D eigenvalue weighted by molar-refractivity contribution is 5.87. The molecule has 6 nitrogen and oxygen atoms in total. The Morgan fingerprint density at radius 3 is 2.00 bits per heavy atom. The fourth-order valence-electron chi connectivity index (χ4n) is 2.52. The van der Waals surface area contributed by atoms with Gasteiger partial charge in [0, 0.05) is 24.5 Å². The predicted octanol–water partition coefficient (Wildman–Crippen LogP) is 1.80. The molecule has 0 bridgehead atoms. The summed E-state index contributed by atoms with van der Waals surface area (Å²) in [6.45, 7) is 0.750. The Balaban J connectivity index is 1.78. The van der Waals surface area contributed by atoms with E-state index in [9.17, 15) is 14.4 Å². The molecule has 2 heterocycles. The van der Waals surface area contributed by atoms with Crippen molar-refractivity contribution in [3.63, 3.8) is 0 Å². The zero-order valence-corrected chi connectivity index (χ0v) is 13.3. The second-order valence-corrected chi connectivity index (χ2v) is 5.67. The molecule has 1 N–H and O–H groups in total. The van der Waals surface area contributed by atoms with Gasteiger partial charge in [-0.05, 0) is 23.3 Å². The molecular weight excluding hydrogens is 320 g/mol. The zero-order valence-electron chi connectivity index (χ0n) is 13.3. The number of hydrogen-bond acceptors (Lipinski definition) is 3. The van der Waals surface area contributed by atoms with Gasteiger partial charge in [-0.2, -0.15) is 0 Å². The van der Waals surface area contributed by atoms with E-state index in [1.807, 2.05) is 24.3 Å². The molecule has 0 aliphatic rings. The number of carboxylic acid groups (broad SMARTS) is 1. The number of aromatic nitrogens is 2. The monoisotopic (exact) mass is 336 g/mol. The Kier molecular flexibility index (Phi) is 4.61. The van der Waals surface area contributed by atoms with E-state index in [-0.39, 0.29) is 23.2 Å². The molecule has 0 aliphatic carbocycles. The molecule has 0 spiro atoms. The fraction of sp³-hybridized carbons (Fsp3) is 0.105. The molecule has 3 aromatic rings. The van der Waals surface area contributed by atoms with Gasteiger partial charge in [-0.3, -0.25) is 9.59 Å². The smallest absolute Gasteiger partial charge is 0.337 e. The van der Waals surface area contributed by atoms with Gasteiger partial charge in [0.05, 0.1) is 18.7 Å². The van der Waals surface area contributed by atoms with Gasteiger partial charge < -0.3 is 14.2 Å². The van der Waals surface area contributed by atoms with Gasteiger partial charge in [0.1, 0.15) is 0 Å². The highest BCUT2D eigenvalue weighted by atomic mass is 16.4. The maximum absolute atomic E-state index is 11.9. The standard InChI is InChI=1S/C19H16N2O4/c22-17-3-1-2-10-20(17)11-14-4-6-15(7-5-14)12-21-13-16(19(24)25)8-9-18(21)23/h1-10,13H,11-12H2,(H,24,25). The third-order valence-electron chi connectivity index (χ3n) is 3.86. The van der Waals surface area contributed by atoms with Gasteiger partial charge in [-0.25, -0.2) is 4.79 Å². The van der Waals surface area contributed by atoms with Crippen LogP contribution in [0.25, 0.3) is 0 Å². The van der Waals surface area contributed by atoms with Crippen LogP contribution in [0.1, 0.15) is 21.5 Å². The van der Waals surface area contributed by atoms with Crippen LogP contribution in [0.3, 0.4) is 0 Å². The number of pyridine rings is 2. The van der Waals surface area contributed by atoms with Gasteiger partial charge in [-0.15, -0.1) is 0 Å². The first-order valence-corrected chi connectivity index (χ1v) is 7.70. The van der Waals surface area contributed by atoms with Crippen LogP contribution in [0.4, 0.5) is 0 Å². The van der Waals surface area contributed by atoms with Crippen molar-refractivity contribution in [2.75, 3.05) is 0 Å². The van der Waals surface area contributed by atoms with Crippen LogP contribution in [0.2, 0.25) is 0 Å².